The number of hydrogen-bond donors (Lipinski definition) is 1. The van der Waals surface area contributed by atoms with Gasteiger partial charge in [0.15, 0.2) is 5.69 Å². The Bertz CT molecular complexity index is 961. The first-order valence-electron chi connectivity index (χ1n) is 8.62. The highest BCUT2D eigenvalue weighted by atomic mass is 16.5. The average Bonchev–Trinajstić information content (AvgIpc) is 3.35. The van der Waals surface area contributed by atoms with Gasteiger partial charge in [0.25, 0.3) is 5.91 Å². The molecule has 132 valence electrons. The first-order valence-corrected chi connectivity index (χ1v) is 8.62. The van der Waals surface area contributed by atoms with Gasteiger partial charge in [-0.05, 0) is 37.5 Å². The second-order valence-electron chi connectivity index (χ2n) is 6.57. The van der Waals surface area contributed by atoms with E-state index in [2.05, 4.69) is 10.3 Å². The number of pyridine rings is 1. The molecule has 1 fully saturated rings. The van der Waals surface area contributed by atoms with E-state index in [9.17, 15) is 9.59 Å². The molecule has 26 heavy (non-hydrogen) atoms. The Morgan fingerprint density at radius 1 is 1.23 bits per heavy atom. The van der Waals surface area contributed by atoms with Crippen molar-refractivity contribution in [1.82, 2.24) is 14.7 Å². The molecule has 3 aromatic rings. The minimum Gasteiger partial charge on any atom is -0.443 e. The Hall–Kier alpha value is -3.15. The number of hydrogen-bond acceptors (Lipinski definition) is 4. The first-order chi connectivity index (χ1) is 12.6. The number of amides is 1. The fourth-order valence-electron chi connectivity index (χ4n) is 2.75. The van der Waals surface area contributed by atoms with Crippen molar-refractivity contribution in [2.45, 2.75) is 31.9 Å². The number of aryl methyl sites for hydroxylation is 1. The van der Waals surface area contributed by atoms with Gasteiger partial charge in [-0.2, -0.15) is 0 Å². The summed E-state index contributed by atoms with van der Waals surface area (Å²) in [7, 11) is 0. The number of nitrogens with one attached hydrogen (secondary N) is 1. The summed E-state index contributed by atoms with van der Waals surface area (Å²) in [5, 5.41) is 2.90. The summed E-state index contributed by atoms with van der Waals surface area (Å²) in [6, 6.07) is 13.0. The number of fused-ring (bicyclic) bond motifs is 1. The van der Waals surface area contributed by atoms with Gasteiger partial charge < -0.3 is 14.5 Å². The van der Waals surface area contributed by atoms with E-state index in [0.29, 0.717) is 11.2 Å². The summed E-state index contributed by atoms with van der Waals surface area (Å²) >= 11 is 0. The molecule has 1 aliphatic carbocycles. The Kier molecular flexibility index (Phi) is 4.16. The lowest BCUT2D eigenvalue weighted by Gasteiger charge is -2.17. The lowest BCUT2D eigenvalue weighted by molar-refractivity contribution is -0.130. The van der Waals surface area contributed by atoms with E-state index in [1.807, 2.05) is 43.5 Å². The Labute approximate surface area is 150 Å². The third kappa shape index (κ3) is 3.44. The molecule has 1 aliphatic rings. The molecule has 0 aliphatic heterocycles. The van der Waals surface area contributed by atoms with Gasteiger partial charge in [-0.15, -0.1) is 0 Å². The predicted octanol–water partition coefficient (Wildman–Crippen LogP) is 2.82. The van der Waals surface area contributed by atoms with Crippen LogP contribution in [0.4, 0.5) is 0 Å². The summed E-state index contributed by atoms with van der Waals surface area (Å²) < 4.78 is 7.30. The van der Waals surface area contributed by atoms with Crippen LogP contribution in [0.1, 0.15) is 40.6 Å². The number of rotatable bonds is 5. The summed E-state index contributed by atoms with van der Waals surface area (Å²) in [6.45, 7) is 1.96. The molecule has 4 rings (SSSR count). The highest BCUT2D eigenvalue weighted by Gasteiger charge is 2.31. The highest BCUT2D eigenvalue weighted by Crippen LogP contribution is 2.24. The average molecular weight is 349 g/mol. The van der Waals surface area contributed by atoms with E-state index < -0.39 is 12.1 Å². The van der Waals surface area contributed by atoms with Gasteiger partial charge in [0, 0.05) is 24.0 Å². The normalized spacial score (nSPS) is 14.8. The lowest BCUT2D eigenvalue weighted by Crippen LogP contribution is -2.33. The molecule has 1 N–H and O–H groups in total. The number of aromatic nitrogens is 2. The van der Waals surface area contributed by atoms with Gasteiger partial charge in [0.05, 0.1) is 0 Å². The quantitative estimate of drug-likeness (QED) is 0.719. The third-order valence-corrected chi connectivity index (χ3v) is 4.31. The van der Waals surface area contributed by atoms with E-state index in [0.717, 1.165) is 18.4 Å². The lowest BCUT2D eigenvalue weighted by atomic mass is 10.1. The number of esters is 1. The molecule has 2 heterocycles. The molecule has 2 aromatic heterocycles. The molecule has 0 bridgehead atoms. The van der Waals surface area contributed by atoms with Crippen LogP contribution in [-0.4, -0.2) is 27.3 Å². The van der Waals surface area contributed by atoms with E-state index in [1.54, 1.807) is 22.7 Å². The SMILES string of the molecule is Cc1ccn2cc(C(=O)O[C@@H](C(=O)NC3CC3)c3ccccc3)nc2c1. The largest absolute Gasteiger partial charge is 0.443 e. The molecule has 6 nitrogen and oxygen atoms in total. The molecule has 1 aromatic carbocycles. The van der Waals surface area contributed by atoms with Crippen LogP contribution in [0.25, 0.3) is 5.65 Å². The van der Waals surface area contributed by atoms with Crippen LogP contribution in [0.15, 0.2) is 54.9 Å². The van der Waals surface area contributed by atoms with Gasteiger partial charge in [0.2, 0.25) is 6.10 Å². The molecule has 0 spiro atoms. The smallest absolute Gasteiger partial charge is 0.359 e. The summed E-state index contributed by atoms with van der Waals surface area (Å²) in [5.41, 5.74) is 2.53. The minimum atomic E-state index is -0.990. The molecular weight excluding hydrogens is 330 g/mol. The number of carbonyl (C=O) groups is 2. The maximum Gasteiger partial charge on any atom is 0.359 e. The zero-order valence-corrected chi connectivity index (χ0v) is 14.4. The molecule has 1 saturated carbocycles. The maximum absolute atomic E-state index is 12.6. The van der Waals surface area contributed by atoms with E-state index in [4.69, 9.17) is 4.74 Å². The molecule has 6 heteroatoms. The first kappa shape index (κ1) is 16.3. The second kappa shape index (κ2) is 6.63. The number of benzene rings is 1. The van der Waals surface area contributed by atoms with E-state index in [-0.39, 0.29) is 17.6 Å². The minimum absolute atomic E-state index is 0.177. The topological polar surface area (TPSA) is 72.7 Å². The Morgan fingerprint density at radius 3 is 2.73 bits per heavy atom. The summed E-state index contributed by atoms with van der Waals surface area (Å²) in [4.78, 5) is 29.5. The fourth-order valence-corrected chi connectivity index (χ4v) is 2.75. The van der Waals surface area contributed by atoms with Crippen LogP contribution in [0, 0.1) is 6.92 Å². The second-order valence-corrected chi connectivity index (χ2v) is 6.57. The monoisotopic (exact) mass is 349 g/mol. The zero-order valence-electron chi connectivity index (χ0n) is 14.4. The van der Waals surface area contributed by atoms with Crippen molar-refractivity contribution < 1.29 is 14.3 Å². The number of ether oxygens (including phenoxy) is 1. The highest BCUT2D eigenvalue weighted by molar-refractivity contribution is 5.92. The van der Waals surface area contributed by atoms with Crippen LogP contribution < -0.4 is 5.32 Å². The molecular formula is C20H19N3O3. The predicted molar refractivity (Wildman–Crippen MR) is 95.7 cm³/mol. The Morgan fingerprint density at radius 2 is 2.00 bits per heavy atom. The van der Waals surface area contributed by atoms with Gasteiger partial charge in [-0.3, -0.25) is 4.79 Å². The van der Waals surface area contributed by atoms with E-state index >= 15 is 0 Å². The third-order valence-electron chi connectivity index (χ3n) is 4.31. The van der Waals surface area contributed by atoms with Crippen molar-refractivity contribution in [2.75, 3.05) is 0 Å². The number of carbonyl (C=O) groups excluding carboxylic acids is 2. The van der Waals surface area contributed by atoms with Crippen molar-refractivity contribution in [3.63, 3.8) is 0 Å². The van der Waals surface area contributed by atoms with Crippen LogP contribution in [0.3, 0.4) is 0 Å². The van der Waals surface area contributed by atoms with Crippen molar-refractivity contribution in [3.8, 4) is 0 Å². The molecule has 0 radical (unpaired) electrons. The summed E-state index contributed by atoms with van der Waals surface area (Å²) in [5.74, 6) is -0.919. The van der Waals surface area contributed by atoms with Crippen LogP contribution in [0.2, 0.25) is 0 Å². The van der Waals surface area contributed by atoms with Gasteiger partial charge in [0.1, 0.15) is 5.65 Å². The van der Waals surface area contributed by atoms with Crippen molar-refractivity contribution >= 4 is 17.5 Å². The maximum atomic E-state index is 12.6. The molecule has 0 unspecified atom stereocenters. The van der Waals surface area contributed by atoms with E-state index in [1.165, 1.54) is 0 Å². The molecule has 0 saturated heterocycles. The Balaban J connectivity index is 1.59. The summed E-state index contributed by atoms with van der Waals surface area (Å²) in [6.07, 6.45) is 4.39. The van der Waals surface area contributed by atoms with Crippen LogP contribution in [0.5, 0.6) is 0 Å². The number of nitrogens with zero attached hydrogens (tertiary/aromatic N) is 2. The van der Waals surface area contributed by atoms with Gasteiger partial charge in [-0.1, -0.05) is 30.3 Å². The molecule has 1 amide bonds. The van der Waals surface area contributed by atoms with Crippen molar-refractivity contribution in [2.24, 2.45) is 0 Å². The van der Waals surface area contributed by atoms with Gasteiger partial charge >= 0.3 is 5.97 Å². The molecule has 1 atom stereocenters. The zero-order chi connectivity index (χ0) is 18.1. The van der Waals surface area contributed by atoms with Crippen LogP contribution >= 0.6 is 0 Å². The van der Waals surface area contributed by atoms with Crippen molar-refractivity contribution in [1.29, 1.82) is 0 Å². The standard InChI is InChI=1S/C20H19N3O3/c1-13-9-10-23-12-16(22-17(23)11-13)20(25)26-18(14-5-3-2-4-6-14)19(24)21-15-7-8-15/h2-6,9-12,15,18H,7-8H2,1H3,(H,21,24)/t18-/m1/s1. The van der Waals surface area contributed by atoms with Crippen LogP contribution in [-0.2, 0) is 9.53 Å². The number of imidazole rings is 1. The van der Waals surface area contributed by atoms with Gasteiger partial charge in [-0.25, -0.2) is 9.78 Å². The fraction of sp³-hybridized carbons (Fsp3) is 0.250. The van der Waals surface area contributed by atoms with Crippen molar-refractivity contribution in [3.05, 3.63) is 71.7 Å².